The first kappa shape index (κ1) is 9.49. The molecule has 2 amide bonds. The maximum absolute atomic E-state index is 11.6. The van der Waals surface area contributed by atoms with Crippen molar-refractivity contribution in [2.75, 3.05) is 0 Å². The van der Waals surface area contributed by atoms with Gasteiger partial charge in [0.2, 0.25) is 11.8 Å². The number of carbonyl (C=O) groups excluding carboxylic acids is 2. The van der Waals surface area contributed by atoms with Gasteiger partial charge in [0.05, 0.1) is 0 Å². The van der Waals surface area contributed by atoms with Crippen molar-refractivity contribution in [2.45, 2.75) is 44.1 Å². The number of hydrogen-bond donors (Lipinski definition) is 2. The van der Waals surface area contributed by atoms with E-state index in [1.54, 1.807) is 0 Å². The summed E-state index contributed by atoms with van der Waals surface area (Å²) in [6.07, 6.45) is 5.30. The Bertz CT molecular complexity index is 265. The topological polar surface area (TPSA) is 72.2 Å². The molecule has 2 saturated carbocycles. The van der Waals surface area contributed by atoms with Gasteiger partial charge in [-0.3, -0.25) is 9.59 Å². The van der Waals surface area contributed by atoms with Crippen LogP contribution in [0.5, 0.6) is 0 Å². The zero-order valence-electron chi connectivity index (χ0n) is 8.21. The SMILES string of the molecule is NC(=O)C1(NC(=O)C2CC2)CCCC1. The van der Waals surface area contributed by atoms with Gasteiger partial charge >= 0.3 is 0 Å². The highest BCUT2D eigenvalue weighted by Crippen LogP contribution is 2.33. The number of carbonyl (C=O) groups is 2. The molecule has 2 aliphatic carbocycles. The van der Waals surface area contributed by atoms with Crippen molar-refractivity contribution in [3.05, 3.63) is 0 Å². The van der Waals surface area contributed by atoms with Crippen LogP contribution in [0.25, 0.3) is 0 Å². The van der Waals surface area contributed by atoms with E-state index in [9.17, 15) is 9.59 Å². The van der Waals surface area contributed by atoms with Crippen LogP contribution in [0.2, 0.25) is 0 Å². The molecule has 0 aromatic rings. The number of hydrogen-bond acceptors (Lipinski definition) is 2. The van der Waals surface area contributed by atoms with E-state index in [-0.39, 0.29) is 17.7 Å². The predicted molar refractivity (Wildman–Crippen MR) is 51.3 cm³/mol. The minimum Gasteiger partial charge on any atom is -0.368 e. The van der Waals surface area contributed by atoms with Crippen LogP contribution in [0.4, 0.5) is 0 Å². The Kier molecular flexibility index (Phi) is 2.21. The van der Waals surface area contributed by atoms with Gasteiger partial charge in [-0.2, -0.15) is 0 Å². The third-order valence-electron chi connectivity index (χ3n) is 3.24. The van der Waals surface area contributed by atoms with Crippen LogP contribution in [-0.2, 0) is 9.59 Å². The molecule has 0 aromatic heterocycles. The highest BCUT2D eigenvalue weighted by molar-refractivity contribution is 5.92. The van der Waals surface area contributed by atoms with Gasteiger partial charge in [0, 0.05) is 5.92 Å². The lowest BCUT2D eigenvalue weighted by Crippen LogP contribution is -2.56. The summed E-state index contributed by atoms with van der Waals surface area (Å²) in [5.41, 5.74) is 4.63. The average molecular weight is 196 g/mol. The fourth-order valence-corrected chi connectivity index (χ4v) is 2.09. The fourth-order valence-electron chi connectivity index (χ4n) is 2.09. The lowest BCUT2D eigenvalue weighted by molar-refractivity contribution is -0.132. The highest BCUT2D eigenvalue weighted by Gasteiger charge is 2.43. The van der Waals surface area contributed by atoms with Gasteiger partial charge in [-0.05, 0) is 25.7 Å². The Morgan fingerprint density at radius 1 is 1.21 bits per heavy atom. The van der Waals surface area contributed by atoms with Crippen molar-refractivity contribution < 1.29 is 9.59 Å². The number of nitrogens with two attached hydrogens (primary N) is 1. The van der Waals surface area contributed by atoms with E-state index < -0.39 is 5.54 Å². The van der Waals surface area contributed by atoms with Crippen molar-refractivity contribution in [2.24, 2.45) is 11.7 Å². The number of primary amides is 1. The molecule has 0 saturated heterocycles. The number of amides is 2. The second-order valence-electron chi connectivity index (χ2n) is 4.42. The van der Waals surface area contributed by atoms with E-state index in [0.29, 0.717) is 12.8 Å². The fraction of sp³-hybridized carbons (Fsp3) is 0.800. The Morgan fingerprint density at radius 2 is 1.79 bits per heavy atom. The molecule has 2 fully saturated rings. The largest absolute Gasteiger partial charge is 0.368 e. The van der Waals surface area contributed by atoms with E-state index in [0.717, 1.165) is 25.7 Å². The molecule has 0 bridgehead atoms. The van der Waals surface area contributed by atoms with Crippen molar-refractivity contribution in [3.8, 4) is 0 Å². The van der Waals surface area contributed by atoms with Crippen LogP contribution in [0.1, 0.15) is 38.5 Å². The lowest BCUT2D eigenvalue weighted by Gasteiger charge is -2.26. The van der Waals surface area contributed by atoms with Crippen LogP contribution in [0.15, 0.2) is 0 Å². The second kappa shape index (κ2) is 3.26. The van der Waals surface area contributed by atoms with Gasteiger partial charge in [0.15, 0.2) is 0 Å². The van der Waals surface area contributed by atoms with E-state index >= 15 is 0 Å². The first-order valence-electron chi connectivity index (χ1n) is 5.26. The smallest absolute Gasteiger partial charge is 0.243 e. The van der Waals surface area contributed by atoms with Crippen LogP contribution >= 0.6 is 0 Å². The second-order valence-corrected chi connectivity index (χ2v) is 4.42. The van der Waals surface area contributed by atoms with Crippen LogP contribution in [0.3, 0.4) is 0 Å². The van der Waals surface area contributed by atoms with E-state index in [4.69, 9.17) is 5.73 Å². The van der Waals surface area contributed by atoms with Gasteiger partial charge in [-0.15, -0.1) is 0 Å². The molecule has 0 spiro atoms. The summed E-state index contributed by atoms with van der Waals surface area (Å²) < 4.78 is 0. The monoisotopic (exact) mass is 196 g/mol. The summed E-state index contributed by atoms with van der Waals surface area (Å²) in [5.74, 6) is -0.207. The maximum Gasteiger partial charge on any atom is 0.243 e. The molecule has 0 atom stereocenters. The quantitative estimate of drug-likeness (QED) is 0.682. The molecule has 0 heterocycles. The van der Waals surface area contributed by atoms with Crippen LogP contribution in [-0.4, -0.2) is 17.4 Å². The standard InChI is InChI=1S/C10H16N2O2/c11-9(14)10(5-1-2-6-10)12-8(13)7-3-4-7/h7H,1-6H2,(H2,11,14)(H,12,13). The summed E-state index contributed by atoms with van der Waals surface area (Å²) in [6.45, 7) is 0. The summed E-state index contributed by atoms with van der Waals surface area (Å²) in [5, 5.41) is 2.84. The molecule has 0 aromatic carbocycles. The summed E-state index contributed by atoms with van der Waals surface area (Å²) >= 11 is 0. The summed E-state index contributed by atoms with van der Waals surface area (Å²) in [7, 11) is 0. The molecule has 2 rings (SSSR count). The van der Waals surface area contributed by atoms with Crippen molar-refractivity contribution in [1.29, 1.82) is 0 Å². The molecule has 2 aliphatic rings. The molecule has 14 heavy (non-hydrogen) atoms. The molecule has 0 unspecified atom stereocenters. The third-order valence-corrected chi connectivity index (χ3v) is 3.24. The lowest BCUT2D eigenvalue weighted by atomic mass is 9.96. The Labute approximate surface area is 83.2 Å². The Hall–Kier alpha value is -1.06. The summed E-state index contributed by atoms with van der Waals surface area (Å²) in [6, 6.07) is 0. The number of rotatable bonds is 3. The van der Waals surface area contributed by atoms with Gasteiger partial charge in [-0.25, -0.2) is 0 Å². The first-order valence-corrected chi connectivity index (χ1v) is 5.26. The molecule has 78 valence electrons. The maximum atomic E-state index is 11.6. The van der Waals surface area contributed by atoms with Gasteiger partial charge in [-0.1, -0.05) is 12.8 Å². The molecule has 3 N–H and O–H groups in total. The van der Waals surface area contributed by atoms with E-state index in [1.807, 2.05) is 0 Å². The number of nitrogens with one attached hydrogen (secondary N) is 1. The Morgan fingerprint density at radius 3 is 2.21 bits per heavy atom. The summed E-state index contributed by atoms with van der Waals surface area (Å²) in [4.78, 5) is 22.9. The minimum absolute atomic E-state index is 0.0192. The minimum atomic E-state index is -0.723. The normalized spacial score (nSPS) is 24.6. The van der Waals surface area contributed by atoms with Gasteiger partial charge in [0.25, 0.3) is 0 Å². The average Bonchev–Trinajstić information content (AvgIpc) is 2.88. The first-order chi connectivity index (χ1) is 6.64. The van der Waals surface area contributed by atoms with Gasteiger partial charge in [0.1, 0.15) is 5.54 Å². The van der Waals surface area contributed by atoms with E-state index in [1.165, 1.54) is 0 Å². The molecule has 0 aliphatic heterocycles. The molecule has 4 heteroatoms. The van der Waals surface area contributed by atoms with Crippen LogP contribution in [0, 0.1) is 5.92 Å². The third kappa shape index (κ3) is 1.61. The zero-order valence-corrected chi connectivity index (χ0v) is 8.21. The van der Waals surface area contributed by atoms with Gasteiger partial charge < -0.3 is 11.1 Å². The van der Waals surface area contributed by atoms with Crippen LogP contribution < -0.4 is 11.1 Å². The van der Waals surface area contributed by atoms with Crippen molar-refractivity contribution in [3.63, 3.8) is 0 Å². The van der Waals surface area contributed by atoms with Crippen molar-refractivity contribution >= 4 is 11.8 Å². The predicted octanol–water partition coefficient (Wildman–Crippen LogP) is 0.311. The molecule has 0 radical (unpaired) electrons. The zero-order chi connectivity index (χ0) is 10.2. The van der Waals surface area contributed by atoms with Crippen molar-refractivity contribution in [1.82, 2.24) is 5.32 Å². The molecular formula is C10H16N2O2. The molecular weight excluding hydrogens is 180 g/mol. The molecule has 4 nitrogen and oxygen atoms in total. The van der Waals surface area contributed by atoms with E-state index in [2.05, 4.69) is 5.32 Å². The highest BCUT2D eigenvalue weighted by atomic mass is 16.2. The Balaban J connectivity index is 2.03.